The van der Waals surface area contributed by atoms with Gasteiger partial charge in [0.05, 0.1) is 30.5 Å². The molecule has 1 heterocycles. The normalized spacial score (nSPS) is 67.1. The van der Waals surface area contributed by atoms with Gasteiger partial charge in [-0.3, -0.25) is 4.90 Å². The first-order valence-corrected chi connectivity index (χ1v) is 11.1. The first-order chi connectivity index (χ1) is 13.6. The minimum Gasteiger partial charge on any atom is -0.392 e. The second-order valence-corrected chi connectivity index (χ2v) is 10.9. The van der Waals surface area contributed by atoms with Crippen LogP contribution in [0.5, 0.6) is 0 Å². The maximum atomic E-state index is 12.3. The number of nitrogens with zero attached hydrogens (tertiary/aromatic N) is 1. The highest BCUT2D eigenvalue weighted by atomic mass is 16.5. The van der Waals surface area contributed by atoms with Crippen molar-refractivity contribution in [1.82, 2.24) is 4.90 Å². The van der Waals surface area contributed by atoms with Crippen molar-refractivity contribution in [3.63, 3.8) is 0 Å². The van der Waals surface area contributed by atoms with E-state index in [1.165, 1.54) is 0 Å². The summed E-state index contributed by atoms with van der Waals surface area (Å²) in [7, 11) is 1.58. The van der Waals surface area contributed by atoms with Crippen LogP contribution in [0.4, 0.5) is 0 Å². The van der Waals surface area contributed by atoms with E-state index in [1.54, 1.807) is 7.11 Å². The van der Waals surface area contributed by atoms with E-state index < -0.39 is 52.3 Å². The molecule has 0 aromatic rings. The van der Waals surface area contributed by atoms with Gasteiger partial charge in [0.2, 0.25) is 0 Å². The van der Waals surface area contributed by atoms with Crippen LogP contribution in [0.1, 0.15) is 26.7 Å². The molecule has 0 amide bonds. The lowest BCUT2D eigenvalue weighted by atomic mass is 9.44. The number of aliphatic hydroxyl groups excluding tert-OH is 3. The molecule has 7 heteroatoms. The number of aliphatic hydroxyl groups is 5. The Morgan fingerprint density at radius 1 is 1.21 bits per heavy atom. The highest BCUT2D eigenvalue weighted by Gasteiger charge is 2.90. The summed E-state index contributed by atoms with van der Waals surface area (Å²) in [6, 6.07) is -0.569. The number of hydrogen-bond acceptors (Lipinski definition) is 7. The Balaban J connectivity index is 1.68. The Morgan fingerprint density at radius 3 is 2.59 bits per heavy atom. The van der Waals surface area contributed by atoms with Gasteiger partial charge in [0.15, 0.2) is 0 Å². The van der Waals surface area contributed by atoms with Crippen molar-refractivity contribution in [3.8, 4) is 0 Å². The Hall–Kier alpha value is -0.540. The van der Waals surface area contributed by atoms with Gasteiger partial charge in [0.25, 0.3) is 0 Å². The number of rotatable bonds is 2. The fourth-order valence-corrected chi connectivity index (χ4v) is 9.68. The molecule has 4 unspecified atom stereocenters. The number of likely N-dealkylation sites (N-methyl/N-ethyl adjacent to an activating group) is 1. The van der Waals surface area contributed by atoms with Crippen LogP contribution in [0.25, 0.3) is 0 Å². The molecule has 13 atom stereocenters. The zero-order valence-electron chi connectivity index (χ0n) is 17.3. The summed E-state index contributed by atoms with van der Waals surface area (Å²) in [5.74, 6) is -1.29. The third kappa shape index (κ3) is 1.63. The molecule has 1 spiro atoms. The number of likely N-dealkylation sites (tertiary alicyclic amines) is 1. The maximum Gasteiger partial charge on any atom is 0.136 e. The van der Waals surface area contributed by atoms with E-state index in [1.807, 2.05) is 19.1 Å². The first kappa shape index (κ1) is 19.2. The summed E-state index contributed by atoms with van der Waals surface area (Å²) in [5, 5.41) is 58.9. The highest BCUT2D eigenvalue weighted by Crippen LogP contribution is 2.78. The molecule has 162 valence electrons. The second-order valence-electron chi connectivity index (χ2n) is 10.9. The molecular formula is C22H33NO6. The molecule has 0 aromatic heterocycles. The maximum absolute atomic E-state index is 12.3. The lowest BCUT2D eigenvalue weighted by molar-refractivity contribution is -0.308. The molecule has 6 rings (SSSR count). The molecule has 0 aromatic carbocycles. The van der Waals surface area contributed by atoms with Crippen LogP contribution in [-0.4, -0.2) is 92.3 Å². The SMILES string of the molecule is CCN1C[C@]2(C)C=C[C@H](O)C34C5C[C@H]6[C@H](O)[C@@H]5[C@](O)(C[C@@H]6OC)C(O)(C13)[C@@H](O)[C@@H]42. The molecule has 0 radical (unpaired) electrons. The fraction of sp³-hybridized carbons (Fsp3) is 0.909. The summed E-state index contributed by atoms with van der Waals surface area (Å²) in [6.45, 7) is 5.43. The van der Waals surface area contributed by atoms with E-state index >= 15 is 0 Å². The third-order valence-electron chi connectivity index (χ3n) is 10.3. The monoisotopic (exact) mass is 407 g/mol. The number of ether oxygens (including phenoxy) is 1. The smallest absolute Gasteiger partial charge is 0.136 e. The van der Waals surface area contributed by atoms with Crippen LogP contribution in [0, 0.1) is 34.5 Å². The Kier molecular flexibility index (Phi) is 3.48. The quantitative estimate of drug-likeness (QED) is 0.378. The Morgan fingerprint density at radius 2 is 1.93 bits per heavy atom. The Bertz CT molecular complexity index is 791. The van der Waals surface area contributed by atoms with Gasteiger partial charge in [0, 0.05) is 48.7 Å². The summed E-state index contributed by atoms with van der Waals surface area (Å²) in [5.41, 5.74) is -4.74. The molecule has 4 saturated carbocycles. The van der Waals surface area contributed by atoms with Crippen LogP contribution < -0.4 is 0 Å². The van der Waals surface area contributed by atoms with Crippen molar-refractivity contribution < 1.29 is 30.3 Å². The molecule has 5 N–H and O–H groups in total. The van der Waals surface area contributed by atoms with E-state index in [2.05, 4.69) is 11.8 Å². The van der Waals surface area contributed by atoms with Crippen molar-refractivity contribution in [3.05, 3.63) is 12.2 Å². The number of piperidine rings is 1. The average Bonchev–Trinajstić information content (AvgIpc) is 3.04. The molecule has 6 aliphatic rings. The van der Waals surface area contributed by atoms with E-state index in [0.717, 1.165) is 0 Å². The number of hydrogen-bond donors (Lipinski definition) is 5. The molecule has 7 nitrogen and oxygen atoms in total. The minimum absolute atomic E-state index is 0.134. The minimum atomic E-state index is -1.84. The van der Waals surface area contributed by atoms with Crippen molar-refractivity contribution in [2.45, 2.75) is 68.3 Å². The Labute approximate surface area is 171 Å². The van der Waals surface area contributed by atoms with Gasteiger partial charge in [0.1, 0.15) is 11.2 Å². The van der Waals surface area contributed by atoms with Crippen LogP contribution in [0.15, 0.2) is 12.2 Å². The third-order valence-corrected chi connectivity index (χ3v) is 10.3. The lowest BCUT2D eigenvalue weighted by Crippen LogP contribution is -2.81. The van der Waals surface area contributed by atoms with Crippen molar-refractivity contribution >= 4 is 0 Å². The predicted octanol–water partition coefficient (Wildman–Crippen LogP) is -0.888. The van der Waals surface area contributed by atoms with Crippen LogP contribution in [-0.2, 0) is 4.74 Å². The summed E-state index contributed by atoms with van der Waals surface area (Å²) in [6.07, 6.45) is 1.41. The van der Waals surface area contributed by atoms with Crippen LogP contribution in [0.2, 0.25) is 0 Å². The van der Waals surface area contributed by atoms with E-state index in [0.29, 0.717) is 19.5 Å². The molecular weight excluding hydrogens is 374 g/mol. The molecule has 29 heavy (non-hydrogen) atoms. The van der Waals surface area contributed by atoms with Gasteiger partial charge in [-0.25, -0.2) is 0 Å². The van der Waals surface area contributed by atoms with Gasteiger partial charge in [-0.15, -0.1) is 0 Å². The van der Waals surface area contributed by atoms with Crippen LogP contribution in [0.3, 0.4) is 0 Å². The second kappa shape index (κ2) is 5.26. The highest BCUT2D eigenvalue weighted by molar-refractivity contribution is 5.43. The van der Waals surface area contributed by atoms with Crippen LogP contribution >= 0.6 is 0 Å². The van der Waals surface area contributed by atoms with E-state index in [9.17, 15) is 25.5 Å². The lowest BCUT2D eigenvalue weighted by Gasteiger charge is -2.68. The van der Waals surface area contributed by atoms with Crippen molar-refractivity contribution in [2.75, 3.05) is 20.2 Å². The zero-order chi connectivity index (χ0) is 20.7. The molecule has 7 bridgehead atoms. The first-order valence-electron chi connectivity index (χ1n) is 11.1. The topological polar surface area (TPSA) is 114 Å². The molecule has 1 saturated heterocycles. The van der Waals surface area contributed by atoms with Gasteiger partial charge >= 0.3 is 0 Å². The zero-order valence-corrected chi connectivity index (χ0v) is 17.3. The largest absolute Gasteiger partial charge is 0.392 e. The fourth-order valence-electron chi connectivity index (χ4n) is 9.68. The number of methoxy groups -OCH3 is 1. The van der Waals surface area contributed by atoms with Gasteiger partial charge < -0.3 is 30.3 Å². The predicted molar refractivity (Wildman–Crippen MR) is 103 cm³/mol. The van der Waals surface area contributed by atoms with Gasteiger partial charge in [-0.05, 0) is 18.9 Å². The van der Waals surface area contributed by atoms with Crippen molar-refractivity contribution in [1.29, 1.82) is 0 Å². The van der Waals surface area contributed by atoms with E-state index in [4.69, 9.17) is 4.74 Å². The summed E-state index contributed by atoms with van der Waals surface area (Å²) < 4.78 is 5.66. The van der Waals surface area contributed by atoms with Crippen molar-refractivity contribution in [2.24, 2.45) is 34.5 Å². The summed E-state index contributed by atoms with van der Waals surface area (Å²) in [4.78, 5) is 2.16. The summed E-state index contributed by atoms with van der Waals surface area (Å²) >= 11 is 0. The van der Waals surface area contributed by atoms with Gasteiger partial charge in [-0.2, -0.15) is 0 Å². The number of fused-ring (bicyclic) bond motifs is 2. The average molecular weight is 408 g/mol. The molecule has 5 aliphatic carbocycles. The molecule has 1 aliphatic heterocycles. The standard InChI is InChI=1S/C22H33NO6/c1-4-23-9-19(2)6-5-13(24)21-11-7-10-12(29-3)8-20(27,14(11)15(10)25)22(28,18(21)23)17(26)16(19)21/h5-6,10-18,24-28H,4,7-9H2,1-3H3/t10-,11?,12+,13+,14-,15+,16-,17+,18?,19+,20-,21?,22?/m1/s1. The van der Waals surface area contributed by atoms with E-state index in [-0.39, 0.29) is 30.3 Å². The molecule has 5 fully saturated rings. The van der Waals surface area contributed by atoms with Gasteiger partial charge in [-0.1, -0.05) is 26.0 Å².